The van der Waals surface area contributed by atoms with Crippen molar-refractivity contribution in [2.24, 2.45) is 11.8 Å². The molecule has 0 saturated carbocycles. The first-order valence-electron chi connectivity index (χ1n) is 4.91. The number of nitrogens with one attached hydrogen (secondary N) is 1. The van der Waals surface area contributed by atoms with Crippen LogP contribution in [0.1, 0.15) is 6.42 Å². The predicted molar refractivity (Wildman–Crippen MR) is 48.1 cm³/mol. The van der Waals surface area contributed by atoms with Crippen molar-refractivity contribution in [3.05, 3.63) is 0 Å². The molecule has 2 fully saturated rings. The molecule has 74 valence electrons. The molecule has 0 aromatic carbocycles. The second kappa shape index (κ2) is 3.64. The monoisotopic (exact) mass is 184 g/mol. The molecular formula is C9H16N2O2. The van der Waals surface area contributed by atoms with Gasteiger partial charge in [0.25, 0.3) is 0 Å². The molecule has 0 radical (unpaired) electrons. The zero-order chi connectivity index (χ0) is 9.26. The van der Waals surface area contributed by atoms with Crippen molar-refractivity contribution in [3.8, 4) is 0 Å². The molecule has 2 saturated heterocycles. The highest BCUT2D eigenvalue weighted by Gasteiger charge is 2.34. The standard InChI is InChI=1S/C9H16N2O2/c12-6-7-4-11(5-7)9(13)8-1-2-10-3-8/h7-8,10,12H,1-6H2/t8-/m0/s1. The van der Waals surface area contributed by atoms with E-state index < -0.39 is 0 Å². The summed E-state index contributed by atoms with van der Waals surface area (Å²) in [4.78, 5) is 13.6. The van der Waals surface area contributed by atoms with E-state index in [0.717, 1.165) is 32.6 Å². The number of carbonyl (C=O) groups excluding carboxylic acids is 1. The number of amides is 1. The number of likely N-dealkylation sites (tertiary alicyclic amines) is 1. The van der Waals surface area contributed by atoms with Gasteiger partial charge in [-0.2, -0.15) is 0 Å². The maximum atomic E-state index is 11.7. The minimum atomic E-state index is 0.194. The number of nitrogens with zero attached hydrogens (tertiary/aromatic N) is 1. The first kappa shape index (κ1) is 8.97. The minimum absolute atomic E-state index is 0.194. The lowest BCUT2D eigenvalue weighted by atomic mass is 9.97. The summed E-state index contributed by atoms with van der Waals surface area (Å²) < 4.78 is 0. The van der Waals surface area contributed by atoms with Crippen LogP contribution in [-0.2, 0) is 4.79 Å². The predicted octanol–water partition coefficient (Wildman–Crippen LogP) is -0.953. The molecule has 0 aromatic heterocycles. The molecule has 0 unspecified atom stereocenters. The Labute approximate surface area is 77.9 Å². The van der Waals surface area contributed by atoms with Gasteiger partial charge in [-0.3, -0.25) is 4.79 Å². The summed E-state index contributed by atoms with van der Waals surface area (Å²) in [6, 6.07) is 0. The van der Waals surface area contributed by atoms with E-state index in [-0.39, 0.29) is 18.4 Å². The highest BCUT2D eigenvalue weighted by molar-refractivity contribution is 5.80. The quantitative estimate of drug-likeness (QED) is 0.581. The number of hydrogen-bond donors (Lipinski definition) is 2. The van der Waals surface area contributed by atoms with E-state index in [1.54, 1.807) is 0 Å². The third-order valence-electron chi connectivity index (χ3n) is 2.94. The van der Waals surface area contributed by atoms with Gasteiger partial charge in [0.15, 0.2) is 0 Å². The van der Waals surface area contributed by atoms with Crippen LogP contribution < -0.4 is 5.32 Å². The summed E-state index contributed by atoms with van der Waals surface area (Å²) in [5.74, 6) is 0.799. The van der Waals surface area contributed by atoms with Crippen LogP contribution in [-0.4, -0.2) is 48.7 Å². The molecule has 1 amide bonds. The zero-order valence-electron chi connectivity index (χ0n) is 7.70. The Morgan fingerprint density at radius 3 is 2.85 bits per heavy atom. The van der Waals surface area contributed by atoms with Crippen molar-refractivity contribution in [2.75, 3.05) is 32.8 Å². The van der Waals surface area contributed by atoms with Crippen molar-refractivity contribution in [1.29, 1.82) is 0 Å². The second-order valence-corrected chi connectivity index (χ2v) is 3.98. The van der Waals surface area contributed by atoms with E-state index in [9.17, 15) is 4.79 Å². The lowest BCUT2D eigenvalue weighted by Crippen LogP contribution is -2.53. The van der Waals surface area contributed by atoms with E-state index in [1.165, 1.54) is 0 Å². The Morgan fingerprint density at radius 2 is 2.31 bits per heavy atom. The number of aliphatic hydroxyl groups excluding tert-OH is 1. The molecule has 0 bridgehead atoms. The van der Waals surface area contributed by atoms with E-state index in [4.69, 9.17) is 5.11 Å². The van der Waals surface area contributed by atoms with E-state index in [2.05, 4.69) is 5.32 Å². The third-order valence-corrected chi connectivity index (χ3v) is 2.94. The summed E-state index contributed by atoms with van der Waals surface area (Å²) in [6.45, 7) is 3.52. The van der Waals surface area contributed by atoms with Gasteiger partial charge >= 0.3 is 0 Å². The van der Waals surface area contributed by atoms with Crippen LogP contribution in [0.4, 0.5) is 0 Å². The molecule has 2 aliphatic heterocycles. The Hall–Kier alpha value is -0.610. The number of carbonyl (C=O) groups is 1. The highest BCUT2D eigenvalue weighted by atomic mass is 16.3. The van der Waals surface area contributed by atoms with Gasteiger partial charge in [-0.15, -0.1) is 0 Å². The average molecular weight is 184 g/mol. The summed E-state index contributed by atoms with van der Waals surface area (Å²) in [6.07, 6.45) is 0.971. The third kappa shape index (κ3) is 1.69. The van der Waals surface area contributed by atoms with Crippen LogP contribution in [0.3, 0.4) is 0 Å². The fourth-order valence-corrected chi connectivity index (χ4v) is 1.99. The van der Waals surface area contributed by atoms with E-state index in [1.807, 2.05) is 4.90 Å². The van der Waals surface area contributed by atoms with Crippen LogP contribution in [0, 0.1) is 11.8 Å². The molecule has 0 spiro atoms. The largest absolute Gasteiger partial charge is 0.396 e. The lowest BCUT2D eigenvalue weighted by Gasteiger charge is -2.39. The highest BCUT2D eigenvalue weighted by Crippen LogP contribution is 2.20. The van der Waals surface area contributed by atoms with Gasteiger partial charge in [-0.25, -0.2) is 0 Å². The first-order valence-corrected chi connectivity index (χ1v) is 4.91. The van der Waals surface area contributed by atoms with Crippen LogP contribution in [0.15, 0.2) is 0 Å². The van der Waals surface area contributed by atoms with Crippen molar-refractivity contribution < 1.29 is 9.90 Å². The van der Waals surface area contributed by atoms with E-state index >= 15 is 0 Å². The van der Waals surface area contributed by atoms with Crippen molar-refractivity contribution in [1.82, 2.24) is 10.2 Å². The van der Waals surface area contributed by atoms with Gasteiger partial charge in [-0.1, -0.05) is 0 Å². The summed E-state index contributed by atoms with van der Waals surface area (Å²) in [7, 11) is 0. The number of aliphatic hydroxyl groups is 1. The first-order chi connectivity index (χ1) is 6.31. The topological polar surface area (TPSA) is 52.6 Å². The molecule has 0 aliphatic carbocycles. The molecule has 2 rings (SSSR count). The van der Waals surface area contributed by atoms with Gasteiger partial charge < -0.3 is 15.3 Å². The SMILES string of the molecule is O=C([C@H]1CCNC1)N1CC(CO)C1. The molecule has 4 heteroatoms. The normalized spacial score (nSPS) is 29.0. The molecule has 13 heavy (non-hydrogen) atoms. The minimum Gasteiger partial charge on any atom is -0.396 e. The Balaban J connectivity index is 1.78. The number of rotatable bonds is 2. The molecule has 2 aliphatic rings. The fourth-order valence-electron chi connectivity index (χ4n) is 1.99. The summed E-state index contributed by atoms with van der Waals surface area (Å²) in [5, 5.41) is 12.0. The van der Waals surface area contributed by atoms with Crippen molar-refractivity contribution in [2.45, 2.75) is 6.42 Å². The molecule has 2 N–H and O–H groups in total. The van der Waals surface area contributed by atoms with Gasteiger partial charge in [-0.05, 0) is 13.0 Å². The van der Waals surface area contributed by atoms with E-state index in [0.29, 0.717) is 5.92 Å². The Morgan fingerprint density at radius 1 is 1.54 bits per heavy atom. The molecule has 2 heterocycles. The lowest BCUT2D eigenvalue weighted by molar-refractivity contribution is -0.142. The van der Waals surface area contributed by atoms with Crippen LogP contribution in [0.25, 0.3) is 0 Å². The van der Waals surface area contributed by atoms with Crippen LogP contribution in [0.5, 0.6) is 0 Å². The zero-order valence-corrected chi connectivity index (χ0v) is 7.70. The fraction of sp³-hybridized carbons (Fsp3) is 0.889. The second-order valence-electron chi connectivity index (χ2n) is 3.98. The maximum absolute atomic E-state index is 11.7. The molecule has 4 nitrogen and oxygen atoms in total. The Kier molecular flexibility index (Phi) is 2.51. The van der Waals surface area contributed by atoms with Gasteiger partial charge in [0.2, 0.25) is 5.91 Å². The summed E-state index contributed by atoms with van der Waals surface area (Å²) in [5.41, 5.74) is 0. The molecular weight excluding hydrogens is 168 g/mol. The molecule has 1 atom stereocenters. The van der Waals surface area contributed by atoms with Crippen LogP contribution >= 0.6 is 0 Å². The van der Waals surface area contributed by atoms with Crippen molar-refractivity contribution in [3.63, 3.8) is 0 Å². The van der Waals surface area contributed by atoms with Gasteiger partial charge in [0, 0.05) is 32.2 Å². The smallest absolute Gasteiger partial charge is 0.227 e. The van der Waals surface area contributed by atoms with Crippen LogP contribution in [0.2, 0.25) is 0 Å². The van der Waals surface area contributed by atoms with Crippen molar-refractivity contribution >= 4 is 5.91 Å². The van der Waals surface area contributed by atoms with Gasteiger partial charge in [0.05, 0.1) is 5.92 Å². The Bertz CT molecular complexity index is 196. The van der Waals surface area contributed by atoms with Gasteiger partial charge in [0.1, 0.15) is 0 Å². The number of hydrogen-bond acceptors (Lipinski definition) is 3. The maximum Gasteiger partial charge on any atom is 0.227 e. The molecule has 0 aromatic rings. The average Bonchev–Trinajstić information content (AvgIpc) is 2.53. The summed E-state index contributed by atoms with van der Waals surface area (Å²) >= 11 is 0.